The Kier molecular flexibility index (Phi) is 6.07. The molecule has 3 aromatic rings. The molecule has 7 heteroatoms. The first-order valence-corrected chi connectivity index (χ1v) is 9.37. The van der Waals surface area contributed by atoms with Crippen LogP contribution in [0, 0.1) is 18.3 Å². The van der Waals surface area contributed by atoms with Crippen LogP contribution in [0.25, 0.3) is 5.69 Å². The fourth-order valence-corrected chi connectivity index (χ4v) is 3.00. The van der Waals surface area contributed by atoms with Crippen molar-refractivity contribution < 1.29 is 4.79 Å². The standard InChI is InChI=1S/C21H20ClN5O/c1-3-12-26(14-17-6-4-16(13-23)5-7-17)21(28)20-24-15(2)27(25-20)19-10-8-18(22)9-11-19/h4-11H,3,12,14H2,1-2H3. The summed E-state index contributed by atoms with van der Waals surface area (Å²) >= 11 is 5.94. The Morgan fingerprint density at radius 3 is 2.46 bits per heavy atom. The zero-order chi connectivity index (χ0) is 20.1. The molecule has 2 aromatic carbocycles. The first kappa shape index (κ1) is 19.6. The Bertz CT molecular complexity index is 1000. The minimum absolute atomic E-state index is 0.162. The molecule has 0 atom stereocenters. The van der Waals surface area contributed by atoms with E-state index in [1.165, 1.54) is 0 Å². The zero-order valence-corrected chi connectivity index (χ0v) is 16.5. The number of nitriles is 1. The Hall–Kier alpha value is -3.17. The van der Waals surface area contributed by atoms with Gasteiger partial charge in [0.05, 0.1) is 17.3 Å². The number of amides is 1. The first-order valence-electron chi connectivity index (χ1n) is 8.99. The second-order valence-electron chi connectivity index (χ2n) is 6.41. The van der Waals surface area contributed by atoms with Crippen LogP contribution in [0.4, 0.5) is 0 Å². The summed E-state index contributed by atoms with van der Waals surface area (Å²) in [4.78, 5) is 19.1. The monoisotopic (exact) mass is 393 g/mol. The van der Waals surface area contributed by atoms with E-state index in [1.54, 1.807) is 33.8 Å². The van der Waals surface area contributed by atoms with Crippen molar-refractivity contribution in [1.82, 2.24) is 19.7 Å². The van der Waals surface area contributed by atoms with E-state index in [9.17, 15) is 4.79 Å². The second kappa shape index (κ2) is 8.68. The number of hydrogen-bond donors (Lipinski definition) is 0. The quantitative estimate of drug-likeness (QED) is 0.630. The van der Waals surface area contributed by atoms with E-state index < -0.39 is 0 Å². The highest BCUT2D eigenvalue weighted by Crippen LogP contribution is 2.16. The molecule has 0 aliphatic rings. The minimum atomic E-state index is -0.220. The smallest absolute Gasteiger partial charge is 0.293 e. The van der Waals surface area contributed by atoms with Crippen LogP contribution < -0.4 is 0 Å². The number of aryl methyl sites for hydroxylation is 1. The lowest BCUT2D eigenvalue weighted by atomic mass is 10.1. The van der Waals surface area contributed by atoms with Crippen molar-refractivity contribution in [2.24, 2.45) is 0 Å². The molecule has 0 radical (unpaired) electrons. The summed E-state index contributed by atoms with van der Waals surface area (Å²) in [6.45, 7) is 4.85. The Balaban J connectivity index is 1.84. The third kappa shape index (κ3) is 4.38. The maximum atomic E-state index is 13.0. The average Bonchev–Trinajstić information content (AvgIpc) is 3.10. The van der Waals surface area contributed by atoms with Crippen LogP contribution in [0.2, 0.25) is 5.02 Å². The molecule has 0 unspecified atom stereocenters. The first-order chi connectivity index (χ1) is 13.5. The normalized spacial score (nSPS) is 10.5. The molecule has 6 nitrogen and oxygen atoms in total. The molecule has 0 bridgehead atoms. The van der Waals surface area contributed by atoms with Gasteiger partial charge in [0, 0.05) is 18.1 Å². The SMILES string of the molecule is CCCN(Cc1ccc(C#N)cc1)C(=O)c1nc(C)n(-c2ccc(Cl)cc2)n1. The molecular formula is C21H20ClN5O. The van der Waals surface area contributed by atoms with Gasteiger partial charge in [0.15, 0.2) is 0 Å². The third-order valence-corrected chi connectivity index (χ3v) is 4.52. The number of benzene rings is 2. The van der Waals surface area contributed by atoms with Gasteiger partial charge in [-0.3, -0.25) is 4.79 Å². The molecular weight excluding hydrogens is 374 g/mol. The molecule has 1 heterocycles. The fourth-order valence-electron chi connectivity index (χ4n) is 2.88. The molecule has 0 saturated carbocycles. The number of carbonyl (C=O) groups excluding carboxylic acids is 1. The molecule has 0 aliphatic carbocycles. The summed E-state index contributed by atoms with van der Waals surface area (Å²) in [6.07, 6.45) is 0.818. The molecule has 0 saturated heterocycles. The summed E-state index contributed by atoms with van der Waals surface area (Å²) in [7, 11) is 0. The van der Waals surface area contributed by atoms with Gasteiger partial charge < -0.3 is 4.90 Å². The second-order valence-corrected chi connectivity index (χ2v) is 6.84. The predicted octanol–water partition coefficient (Wildman–Crippen LogP) is 4.15. The van der Waals surface area contributed by atoms with E-state index in [2.05, 4.69) is 16.2 Å². The van der Waals surface area contributed by atoms with Crippen LogP contribution in [0.15, 0.2) is 48.5 Å². The van der Waals surface area contributed by atoms with E-state index in [0.717, 1.165) is 17.7 Å². The van der Waals surface area contributed by atoms with Gasteiger partial charge in [0.1, 0.15) is 5.82 Å². The van der Waals surface area contributed by atoms with Crippen LogP contribution in [0.1, 0.15) is 40.9 Å². The van der Waals surface area contributed by atoms with E-state index >= 15 is 0 Å². The van der Waals surface area contributed by atoms with Gasteiger partial charge in [-0.25, -0.2) is 9.67 Å². The van der Waals surface area contributed by atoms with Gasteiger partial charge in [-0.2, -0.15) is 5.26 Å². The lowest BCUT2D eigenvalue weighted by molar-refractivity contribution is 0.0731. The maximum Gasteiger partial charge on any atom is 0.293 e. The van der Waals surface area contributed by atoms with Crippen LogP contribution in [0.5, 0.6) is 0 Å². The Morgan fingerprint density at radius 1 is 1.18 bits per heavy atom. The van der Waals surface area contributed by atoms with Crippen molar-refractivity contribution in [2.45, 2.75) is 26.8 Å². The molecule has 0 fully saturated rings. The average molecular weight is 394 g/mol. The van der Waals surface area contributed by atoms with Gasteiger partial charge >= 0.3 is 0 Å². The number of hydrogen-bond acceptors (Lipinski definition) is 4. The Morgan fingerprint density at radius 2 is 1.86 bits per heavy atom. The number of nitrogens with zero attached hydrogens (tertiary/aromatic N) is 5. The van der Waals surface area contributed by atoms with Crippen molar-refractivity contribution in [3.05, 3.63) is 76.3 Å². The molecule has 0 aliphatic heterocycles. The topological polar surface area (TPSA) is 74.8 Å². The molecule has 0 N–H and O–H groups in total. The molecule has 1 aromatic heterocycles. The molecule has 1 amide bonds. The maximum absolute atomic E-state index is 13.0. The van der Waals surface area contributed by atoms with Gasteiger partial charge in [0.2, 0.25) is 5.82 Å². The van der Waals surface area contributed by atoms with Gasteiger partial charge in [-0.15, -0.1) is 5.10 Å². The summed E-state index contributed by atoms with van der Waals surface area (Å²) in [5, 5.41) is 14.0. The lowest BCUT2D eigenvalue weighted by Crippen LogP contribution is -2.32. The summed E-state index contributed by atoms with van der Waals surface area (Å²) < 4.78 is 1.63. The Labute approximate surface area is 169 Å². The van der Waals surface area contributed by atoms with Crippen molar-refractivity contribution in [3.8, 4) is 11.8 Å². The fraction of sp³-hybridized carbons (Fsp3) is 0.238. The van der Waals surface area contributed by atoms with Crippen molar-refractivity contribution >= 4 is 17.5 Å². The van der Waals surface area contributed by atoms with E-state index in [4.69, 9.17) is 16.9 Å². The van der Waals surface area contributed by atoms with Crippen molar-refractivity contribution in [3.63, 3.8) is 0 Å². The van der Waals surface area contributed by atoms with Crippen molar-refractivity contribution in [2.75, 3.05) is 6.54 Å². The summed E-state index contributed by atoms with van der Waals surface area (Å²) in [5.74, 6) is 0.567. The predicted molar refractivity (Wildman–Crippen MR) is 107 cm³/mol. The largest absolute Gasteiger partial charge is 0.332 e. The van der Waals surface area contributed by atoms with E-state index in [0.29, 0.717) is 29.5 Å². The highest BCUT2D eigenvalue weighted by Gasteiger charge is 2.21. The lowest BCUT2D eigenvalue weighted by Gasteiger charge is -2.20. The zero-order valence-electron chi connectivity index (χ0n) is 15.8. The third-order valence-electron chi connectivity index (χ3n) is 4.27. The number of carbonyl (C=O) groups is 1. The van der Waals surface area contributed by atoms with Crippen LogP contribution in [-0.4, -0.2) is 32.1 Å². The van der Waals surface area contributed by atoms with Crippen LogP contribution >= 0.6 is 11.6 Å². The van der Waals surface area contributed by atoms with E-state index in [-0.39, 0.29) is 11.7 Å². The highest BCUT2D eigenvalue weighted by atomic mass is 35.5. The number of aromatic nitrogens is 3. The van der Waals surface area contributed by atoms with Gasteiger partial charge in [-0.05, 0) is 55.3 Å². The molecule has 0 spiro atoms. The highest BCUT2D eigenvalue weighted by molar-refractivity contribution is 6.30. The summed E-state index contributed by atoms with van der Waals surface area (Å²) in [6, 6.07) is 16.5. The molecule has 3 rings (SSSR count). The molecule has 28 heavy (non-hydrogen) atoms. The van der Waals surface area contributed by atoms with Crippen molar-refractivity contribution in [1.29, 1.82) is 5.26 Å². The van der Waals surface area contributed by atoms with Crippen LogP contribution in [0.3, 0.4) is 0 Å². The van der Waals surface area contributed by atoms with Gasteiger partial charge in [0.25, 0.3) is 5.91 Å². The minimum Gasteiger partial charge on any atom is -0.332 e. The van der Waals surface area contributed by atoms with E-state index in [1.807, 2.05) is 38.1 Å². The molecule has 142 valence electrons. The number of rotatable bonds is 6. The summed E-state index contributed by atoms with van der Waals surface area (Å²) in [5.41, 5.74) is 2.34. The number of halogens is 1. The van der Waals surface area contributed by atoms with Gasteiger partial charge in [-0.1, -0.05) is 30.7 Å². The van der Waals surface area contributed by atoms with Crippen LogP contribution in [-0.2, 0) is 6.54 Å².